The number of carbonyl (C=O) groups excluding carboxylic acids is 1. The molecule has 0 aliphatic carbocycles. The lowest BCUT2D eigenvalue weighted by molar-refractivity contribution is -0.118. The van der Waals surface area contributed by atoms with Gasteiger partial charge in [-0.25, -0.2) is 0 Å². The van der Waals surface area contributed by atoms with E-state index in [0.29, 0.717) is 34.9 Å². The monoisotopic (exact) mass is 476 g/mol. The van der Waals surface area contributed by atoms with Gasteiger partial charge in [-0.05, 0) is 48.9 Å². The van der Waals surface area contributed by atoms with Crippen molar-refractivity contribution in [2.45, 2.75) is 18.7 Å². The van der Waals surface area contributed by atoms with Crippen molar-refractivity contribution in [1.82, 2.24) is 20.1 Å². The number of methoxy groups -OCH3 is 2. The molecule has 0 fully saturated rings. The second kappa shape index (κ2) is 11.8. The Labute approximate surface area is 196 Å². The van der Waals surface area contributed by atoms with Crippen LogP contribution in [-0.4, -0.2) is 53.8 Å². The van der Waals surface area contributed by atoms with Gasteiger partial charge in [0.05, 0.1) is 25.2 Å². The van der Waals surface area contributed by atoms with Gasteiger partial charge >= 0.3 is 0 Å². The number of ether oxygens (including phenoxy) is 3. The van der Waals surface area contributed by atoms with Gasteiger partial charge < -0.3 is 19.5 Å². The van der Waals surface area contributed by atoms with Crippen LogP contribution in [0.2, 0.25) is 5.02 Å². The molecule has 1 aromatic heterocycles. The summed E-state index contributed by atoms with van der Waals surface area (Å²) in [5.41, 5.74) is 1.76. The zero-order valence-electron chi connectivity index (χ0n) is 18.1. The second-order valence-electron chi connectivity index (χ2n) is 6.76. The third kappa shape index (κ3) is 6.38. The topological polar surface area (TPSA) is 87.5 Å². The molecule has 1 amide bonds. The van der Waals surface area contributed by atoms with Gasteiger partial charge in [0.15, 0.2) is 11.0 Å². The van der Waals surface area contributed by atoms with Gasteiger partial charge in [0.25, 0.3) is 0 Å². The van der Waals surface area contributed by atoms with E-state index in [9.17, 15) is 4.79 Å². The van der Waals surface area contributed by atoms with E-state index >= 15 is 0 Å². The maximum Gasteiger partial charge on any atom is 0.230 e. The number of hydrogen-bond acceptors (Lipinski definition) is 7. The van der Waals surface area contributed by atoms with Gasteiger partial charge in [-0.2, -0.15) is 0 Å². The highest BCUT2D eigenvalue weighted by atomic mass is 35.5. The number of aromatic nitrogens is 3. The zero-order chi connectivity index (χ0) is 22.9. The highest BCUT2D eigenvalue weighted by Gasteiger charge is 2.17. The summed E-state index contributed by atoms with van der Waals surface area (Å²) in [5.74, 6) is 2.09. The molecule has 0 bridgehead atoms. The highest BCUT2D eigenvalue weighted by Crippen LogP contribution is 2.26. The minimum Gasteiger partial charge on any atom is -0.497 e. The van der Waals surface area contributed by atoms with Crippen LogP contribution in [0.1, 0.15) is 11.4 Å². The van der Waals surface area contributed by atoms with Crippen molar-refractivity contribution in [3.05, 3.63) is 58.9 Å². The molecule has 0 unspecified atom stereocenters. The number of halogens is 1. The fourth-order valence-electron chi connectivity index (χ4n) is 2.76. The first-order valence-electron chi connectivity index (χ1n) is 9.88. The molecular weight excluding hydrogens is 452 g/mol. The fourth-order valence-corrected chi connectivity index (χ4v) is 3.74. The molecule has 0 spiro atoms. The normalized spacial score (nSPS) is 10.8. The van der Waals surface area contributed by atoms with Crippen molar-refractivity contribution in [2.24, 2.45) is 0 Å². The number of rotatable bonds is 11. The molecule has 32 heavy (non-hydrogen) atoms. The van der Waals surface area contributed by atoms with Gasteiger partial charge in [0, 0.05) is 18.7 Å². The van der Waals surface area contributed by atoms with E-state index in [-0.39, 0.29) is 18.3 Å². The summed E-state index contributed by atoms with van der Waals surface area (Å²) >= 11 is 7.64. The molecule has 0 aliphatic heterocycles. The smallest absolute Gasteiger partial charge is 0.230 e. The van der Waals surface area contributed by atoms with Crippen molar-refractivity contribution in [1.29, 1.82) is 0 Å². The Hall–Kier alpha value is -2.75. The van der Waals surface area contributed by atoms with Crippen molar-refractivity contribution < 1.29 is 19.0 Å². The number of aryl methyl sites for hydroxylation is 1. The van der Waals surface area contributed by atoms with E-state index in [1.807, 2.05) is 54.0 Å². The van der Waals surface area contributed by atoms with E-state index in [1.54, 1.807) is 14.2 Å². The predicted molar refractivity (Wildman–Crippen MR) is 124 cm³/mol. The molecule has 3 rings (SSSR count). The van der Waals surface area contributed by atoms with E-state index in [0.717, 1.165) is 17.0 Å². The quantitative estimate of drug-likeness (QED) is 0.333. The van der Waals surface area contributed by atoms with E-state index in [1.165, 1.54) is 11.8 Å². The maximum absolute atomic E-state index is 12.1. The van der Waals surface area contributed by atoms with Gasteiger partial charge in [0.2, 0.25) is 5.91 Å². The first-order chi connectivity index (χ1) is 15.5. The molecule has 2 aromatic carbocycles. The van der Waals surface area contributed by atoms with Crippen molar-refractivity contribution >= 4 is 29.3 Å². The largest absolute Gasteiger partial charge is 0.497 e. The Kier molecular flexibility index (Phi) is 8.78. The Balaban J connectivity index is 1.79. The van der Waals surface area contributed by atoms with Crippen molar-refractivity contribution in [3.8, 4) is 17.2 Å². The molecule has 0 saturated carbocycles. The highest BCUT2D eigenvalue weighted by molar-refractivity contribution is 7.99. The van der Waals surface area contributed by atoms with E-state index in [2.05, 4.69) is 15.5 Å². The number of amides is 1. The van der Waals surface area contributed by atoms with Crippen LogP contribution in [0.5, 0.6) is 11.5 Å². The van der Waals surface area contributed by atoms with Crippen LogP contribution in [0.15, 0.2) is 47.6 Å². The average Bonchev–Trinajstić information content (AvgIpc) is 3.21. The van der Waals surface area contributed by atoms with Gasteiger partial charge in [-0.15, -0.1) is 10.2 Å². The summed E-state index contributed by atoms with van der Waals surface area (Å²) in [6.07, 6.45) is 0. The molecule has 170 valence electrons. The Morgan fingerprint density at radius 3 is 2.56 bits per heavy atom. The van der Waals surface area contributed by atoms with Crippen LogP contribution in [0.25, 0.3) is 5.69 Å². The average molecular weight is 477 g/mol. The SMILES string of the molecule is COCCNC(=O)CSc1nnc(COc2ccc(OC)cc2)n1-c1ccc(C)c(Cl)c1. The van der Waals surface area contributed by atoms with Crippen LogP contribution in [0, 0.1) is 6.92 Å². The standard InChI is InChI=1S/C22H25ClN4O4S/c1-15-4-5-16(12-19(15)23)27-20(13-31-18-8-6-17(30-3)7-9-18)25-26-22(27)32-14-21(28)24-10-11-29-2/h4-9,12H,10-11,13-14H2,1-3H3,(H,24,28). The number of nitrogens with zero attached hydrogens (tertiary/aromatic N) is 3. The van der Waals surface area contributed by atoms with Gasteiger partial charge in [-0.3, -0.25) is 9.36 Å². The molecule has 8 nitrogen and oxygen atoms in total. The molecule has 3 aromatic rings. The molecule has 1 heterocycles. The summed E-state index contributed by atoms with van der Waals surface area (Å²) in [6.45, 7) is 3.04. The first kappa shape index (κ1) is 23.9. The summed E-state index contributed by atoms with van der Waals surface area (Å²) in [5, 5.41) is 12.6. The molecule has 0 aliphatic rings. The van der Waals surface area contributed by atoms with Crippen LogP contribution < -0.4 is 14.8 Å². The predicted octanol–water partition coefficient (Wildman–Crippen LogP) is 3.67. The maximum atomic E-state index is 12.1. The molecule has 1 N–H and O–H groups in total. The lowest BCUT2D eigenvalue weighted by Crippen LogP contribution is -2.28. The molecule has 0 atom stereocenters. The number of benzene rings is 2. The van der Waals surface area contributed by atoms with Crippen LogP contribution in [0.4, 0.5) is 0 Å². The van der Waals surface area contributed by atoms with Crippen LogP contribution in [-0.2, 0) is 16.1 Å². The molecule has 10 heteroatoms. The minimum absolute atomic E-state index is 0.112. The number of carbonyl (C=O) groups is 1. The summed E-state index contributed by atoms with van der Waals surface area (Å²) in [4.78, 5) is 12.1. The molecule has 0 saturated heterocycles. The van der Waals surface area contributed by atoms with Crippen LogP contribution >= 0.6 is 23.4 Å². The first-order valence-corrected chi connectivity index (χ1v) is 11.2. The van der Waals surface area contributed by atoms with Crippen molar-refractivity contribution in [2.75, 3.05) is 33.1 Å². The zero-order valence-corrected chi connectivity index (χ0v) is 19.7. The third-order valence-electron chi connectivity index (χ3n) is 4.50. The van der Waals surface area contributed by atoms with Gasteiger partial charge in [0.1, 0.15) is 18.1 Å². The van der Waals surface area contributed by atoms with Crippen LogP contribution in [0.3, 0.4) is 0 Å². The Morgan fingerprint density at radius 1 is 1.12 bits per heavy atom. The summed E-state index contributed by atoms with van der Waals surface area (Å²) < 4.78 is 17.9. The molecule has 0 radical (unpaired) electrons. The van der Waals surface area contributed by atoms with E-state index in [4.69, 9.17) is 25.8 Å². The molecular formula is C22H25ClN4O4S. The van der Waals surface area contributed by atoms with E-state index < -0.39 is 0 Å². The Bertz CT molecular complexity index is 1040. The number of hydrogen-bond donors (Lipinski definition) is 1. The van der Waals surface area contributed by atoms with Gasteiger partial charge in [-0.1, -0.05) is 29.4 Å². The minimum atomic E-state index is -0.112. The number of thioether (sulfide) groups is 1. The lowest BCUT2D eigenvalue weighted by atomic mass is 10.2. The third-order valence-corrected chi connectivity index (χ3v) is 5.84. The summed E-state index contributed by atoms with van der Waals surface area (Å²) in [6, 6.07) is 13.0. The summed E-state index contributed by atoms with van der Waals surface area (Å²) in [7, 11) is 3.20. The van der Waals surface area contributed by atoms with Crippen molar-refractivity contribution in [3.63, 3.8) is 0 Å². The lowest BCUT2D eigenvalue weighted by Gasteiger charge is -2.12. The number of nitrogens with one attached hydrogen (secondary N) is 1. The second-order valence-corrected chi connectivity index (χ2v) is 8.11. The fraction of sp³-hybridized carbons (Fsp3) is 0.318. The Morgan fingerprint density at radius 2 is 1.88 bits per heavy atom.